The van der Waals surface area contributed by atoms with E-state index in [1.54, 1.807) is 12.2 Å². The third kappa shape index (κ3) is 3.32. The second-order valence-electron chi connectivity index (χ2n) is 10.4. The van der Waals surface area contributed by atoms with Crippen LogP contribution in [0.1, 0.15) is 58.8 Å². The Bertz CT molecular complexity index is 921. The van der Waals surface area contributed by atoms with Crippen molar-refractivity contribution in [2.24, 2.45) is 34.3 Å². The number of nitrogens with two attached hydrogens (primary N) is 1. The average molecular weight is 444 g/mol. The highest BCUT2D eigenvalue weighted by Crippen LogP contribution is 2.66. The number of hydrogen-bond acceptors (Lipinski definition) is 7. The van der Waals surface area contributed by atoms with E-state index >= 15 is 0 Å². The van der Waals surface area contributed by atoms with E-state index in [0.717, 1.165) is 18.4 Å². The van der Waals surface area contributed by atoms with Crippen molar-refractivity contribution >= 4 is 23.3 Å². The summed E-state index contributed by atoms with van der Waals surface area (Å²) >= 11 is 0. The van der Waals surface area contributed by atoms with Crippen molar-refractivity contribution in [1.29, 1.82) is 0 Å². The molecule has 7 nitrogen and oxygen atoms in total. The molecule has 0 aromatic carbocycles. The van der Waals surface area contributed by atoms with Crippen molar-refractivity contribution in [3.8, 4) is 0 Å². The molecule has 6 atom stereocenters. The van der Waals surface area contributed by atoms with E-state index in [2.05, 4.69) is 0 Å². The minimum atomic E-state index is -1.69. The Kier molecular flexibility index (Phi) is 5.78. The van der Waals surface area contributed by atoms with E-state index < -0.39 is 34.8 Å². The number of fused-ring (bicyclic) bond motifs is 5. The number of Topliss-reactive ketones (excluding diaryl/α,β-unsaturated/α-hetero) is 2. The van der Waals surface area contributed by atoms with Gasteiger partial charge in [0.15, 0.2) is 12.4 Å². The van der Waals surface area contributed by atoms with E-state index in [4.69, 9.17) is 10.5 Å². The van der Waals surface area contributed by atoms with E-state index in [1.165, 1.54) is 0 Å². The van der Waals surface area contributed by atoms with Crippen LogP contribution in [0, 0.1) is 28.6 Å². The van der Waals surface area contributed by atoms with Crippen LogP contribution < -0.4 is 5.73 Å². The van der Waals surface area contributed by atoms with E-state index in [-0.39, 0.29) is 48.6 Å². The number of carbonyl (C=O) groups excluding carboxylic acids is 4. The second-order valence-corrected chi connectivity index (χ2v) is 10.4. The molecule has 0 aliphatic heterocycles. The lowest BCUT2D eigenvalue weighted by molar-refractivity contribution is -0.172. The SMILES string of the molecule is C[C@]12C=CC(=O)C=C1CC[C@@H]1[C@@H]2C(=O)C[C@@]2(C)[C@H]1CC[C@]2(O)C(=O)COC(=O)CCCN. The second kappa shape index (κ2) is 8.03. The van der Waals surface area contributed by atoms with Crippen LogP contribution in [0.5, 0.6) is 0 Å². The fourth-order valence-electron chi connectivity index (χ4n) is 7.08. The lowest BCUT2D eigenvalue weighted by Crippen LogP contribution is -2.60. The number of allylic oxidation sites excluding steroid dienone is 4. The van der Waals surface area contributed by atoms with E-state index in [0.29, 0.717) is 19.4 Å². The van der Waals surface area contributed by atoms with Gasteiger partial charge >= 0.3 is 5.97 Å². The summed E-state index contributed by atoms with van der Waals surface area (Å²) < 4.78 is 5.10. The van der Waals surface area contributed by atoms with Crippen LogP contribution in [0.15, 0.2) is 23.8 Å². The maximum Gasteiger partial charge on any atom is 0.306 e. The summed E-state index contributed by atoms with van der Waals surface area (Å²) in [5, 5.41) is 11.6. The first-order valence-corrected chi connectivity index (χ1v) is 11.6. The highest BCUT2D eigenvalue weighted by atomic mass is 16.5. The monoisotopic (exact) mass is 443 g/mol. The van der Waals surface area contributed by atoms with Gasteiger partial charge < -0.3 is 15.6 Å². The van der Waals surface area contributed by atoms with Crippen LogP contribution in [0.2, 0.25) is 0 Å². The van der Waals surface area contributed by atoms with Gasteiger partial charge in [-0.15, -0.1) is 0 Å². The Balaban J connectivity index is 1.56. The fraction of sp³-hybridized carbons (Fsp3) is 0.680. The zero-order chi connectivity index (χ0) is 23.3. The van der Waals surface area contributed by atoms with Crippen LogP contribution >= 0.6 is 0 Å². The predicted octanol–water partition coefficient (Wildman–Crippen LogP) is 2.06. The van der Waals surface area contributed by atoms with Crippen LogP contribution in [-0.2, 0) is 23.9 Å². The van der Waals surface area contributed by atoms with Gasteiger partial charge in [-0.25, -0.2) is 0 Å². The van der Waals surface area contributed by atoms with Crippen molar-refractivity contribution in [3.63, 3.8) is 0 Å². The van der Waals surface area contributed by atoms with E-state index in [1.807, 2.05) is 19.9 Å². The summed E-state index contributed by atoms with van der Waals surface area (Å²) in [6, 6.07) is 0. The number of ether oxygens (including phenoxy) is 1. The van der Waals surface area contributed by atoms with Crippen molar-refractivity contribution in [3.05, 3.63) is 23.8 Å². The quantitative estimate of drug-likeness (QED) is 0.602. The van der Waals surface area contributed by atoms with Crippen LogP contribution in [-0.4, -0.2) is 47.2 Å². The molecule has 3 fully saturated rings. The van der Waals surface area contributed by atoms with Crippen molar-refractivity contribution in [1.82, 2.24) is 0 Å². The molecule has 0 radical (unpaired) electrons. The third-order valence-corrected chi connectivity index (χ3v) is 8.82. The van der Waals surface area contributed by atoms with Gasteiger partial charge in [0.2, 0.25) is 5.78 Å². The molecule has 0 saturated heterocycles. The first kappa shape index (κ1) is 23.1. The Morgan fingerprint density at radius 3 is 2.72 bits per heavy atom. The van der Waals surface area contributed by atoms with Crippen LogP contribution in [0.3, 0.4) is 0 Å². The zero-order valence-corrected chi connectivity index (χ0v) is 18.9. The van der Waals surface area contributed by atoms with Crippen molar-refractivity contribution in [2.45, 2.75) is 64.4 Å². The van der Waals surface area contributed by atoms with Gasteiger partial charge in [-0.3, -0.25) is 19.2 Å². The number of esters is 1. The molecule has 0 bridgehead atoms. The number of aliphatic hydroxyl groups is 1. The van der Waals surface area contributed by atoms with Gasteiger partial charge in [-0.05, 0) is 62.6 Å². The molecule has 3 saturated carbocycles. The Morgan fingerprint density at radius 2 is 2.00 bits per heavy atom. The van der Waals surface area contributed by atoms with Gasteiger partial charge in [0.05, 0.1) is 0 Å². The summed E-state index contributed by atoms with van der Waals surface area (Å²) in [7, 11) is 0. The first-order chi connectivity index (χ1) is 15.1. The molecule has 0 heterocycles. The molecule has 0 amide bonds. The maximum atomic E-state index is 13.5. The first-order valence-electron chi connectivity index (χ1n) is 11.6. The molecule has 0 aromatic heterocycles. The smallest absolute Gasteiger partial charge is 0.306 e. The molecule has 3 N–H and O–H groups in total. The predicted molar refractivity (Wildman–Crippen MR) is 116 cm³/mol. The van der Waals surface area contributed by atoms with Gasteiger partial charge in [-0.1, -0.05) is 25.5 Å². The summed E-state index contributed by atoms with van der Waals surface area (Å²) in [5.74, 6) is -1.24. The number of carbonyl (C=O) groups is 4. The topological polar surface area (TPSA) is 124 Å². The minimum Gasteiger partial charge on any atom is -0.458 e. The lowest BCUT2D eigenvalue weighted by Gasteiger charge is -2.56. The molecular weight excluding hydrogens is 410 g/mol. The van der Waals surface area contributed by atoms with E-state index in [9.17, 15) is 24.3 Å². The number of hydrogen-bond donors (Lipinski definition) is 2. The van der Waals surface area contributed by atoms with Gasteiger partial charge in [0.1, 0.15) is 11.4 Å². The Hall–Kier alpha value is -2.12. The number of ketones is 3. The molecule has 174 valence electrons. The molecule has 0 spiro atoms. The number of rotatable bonds is 6. The fourth-order valence-corrected chi connectivity index (χ4v) is 7.08. The lowest BCUT2D eigenvalue weighted by atomic mass is 9.46. The highest BCUT2D eigenvalue weighted by Gasteiger charge is 2.68. The molecule has 32 heavy (non-hydrogen) atoms. The third-order valence-electron chi connectivity index (χ3n) is 8.82. The molecule has 0 unspecified atom stereocenters. The van der Waals surface area contributed by atoms with Gasteiger partial charge in [0.25, 0.3) is 0 Å². The molecular formula is C25H33NO6. The average Bonchev–Trinajstić information content (AvgIpc) is 3.02. The minimum absolute atomic E-state index is 0.0106. The Morgan fingerprint density at radius 1 is 1.25 bits per heavy atom. The highest BCUT2D eigenvalue weighted by molar-refractivity contribution is 6.02. The van der Waals surface area contributed by atoms with Crippen molar-refractivity contribution in [2.75, 3.05) is 13.2 Å². The summed E-state index contributed by atoms with van der Waals surface area (Å²) in [4.78, 5) is 50.3. The van der Waals surface area contributed by atoms with Crippen LogP contribution in [0.25, 0.3) is 0 Å². The maximum absolute atomic E-state index is 13.5. The van der Waals surface area contributed by atoms with Crippen molar-refractivity contribution < 1.29 is 29.0 Å². The Labute approximate surface area is 188 Å². The normalized spacial score (nSPS) is 40.2. The van der Waals surface area contributed by atoms with Gasteiger partial charge in [0, 0.05) is 29.6 Å². The van der Waals surface area contributed by atoms with Crippen LogP contribution in [0.4, 0.5) is 0 Å². The largest absolute Gasteiger partial charge is 0.458 e. The molecule has 7 heteroatoms. The summed E-state index contributed by atoms with van der Waals surface area (Å²) in [6.45, 7) is 3.75. The summed E-state index contributed by atoms with van der Waals surface area (Å²) in [5.41, 5.74) is 3.34. The zero-order valence-electron chi connectivity index (χ0n) is 18.9. The molecule has 4 aliphatic carbocycles. The standard InChI is InChI=1S/C25H33NO6/c1-23-9-7-16(27)12-15(23)5-6-17-18-8-10-25(31,24(18,2)13-19(28)22(17)23)20(29)14-32-21(30)4-3-11-26/h7,9,12,17-18,22,31H,3-6,8,10-11,13-14,26H2,1-2H3/t17-,18-,22+,23-,24-,25-/m0/s1. The molecule has 4 rings (SSSR count). The molecule has 4 aliphatic rings. The molecule has 0 aromatic rings. The van der Waals surface area contributed by atoms with Gasteiger partial charge in [-0.2, -0.15) is 0 Å². The summed E-state index contributed by atoms with van der Waals surface area (Å²) in [6.07, 6.45) is 8.23.